The average molecular weight is 383 g/mol. The zero-order valence-electron chi connectivity index (χ0n) is 15.9. The molecule has 0 fully saturated rings. The lowest BCUT2D eigenvalue weighted by molar-refractivity contribution is 0.102. The van der Waals surface area contributed by atoms with E-state index < -0.39 is 0 Å². The largest absolute Gasteiger partial charge is 0.334 e. The third-order valence-electron chi connectivity index (χ3n) is 5.29. The number of amides is 1. The predicted octanol–water partition coefficient (Wildman–Crippen LogP) is 4.53. The predicted molar refractivity (Wildman–Crippen MR) is 113 cm³/mol. The van der Waals surface area contributed by atoms with Crippen LogP contribution in [0.15, 0.2) is 67.0 Å². The number of benzene rings is 2. The molecule has 1 aliphatic heterocycles. The first-order valence-electron chi connectivity index (χ1n) is 9.84. The van der Waals surface area contributed by atoms with Gasteiger partial charge in [-0.05, 0) is 25.0 Å². The summed E-state index contributed by atoms with van der Waals surface area (Å²) in [5.41, 5.74) is 4.93. The Hall–Kier alpha value is -3.67. The molecule has 0 radical (unpaired) electrons. The Morgan fingerprint density at radius 2 is 1.83 bits per heavy atom. The molecular weight excluding hydrogens is 362 g/mol. The number of hydrogen-bond donors (Lipinski definition) is 2. The van der Waals surface area contributed by atoms with Crippen LogP contribution in [0.5, 0.6) is 0 Å². The highest BCUT2D eigenvalue weighted by Crippen LogP contribution is 2.25. The van der Waals surface area contributed by atoms with E-state index in [9.17, 15) is 4.79 Å². The highest BCUT2D eigenvalue weighted by Gasteiger charge is 2.16. The van der Waals surface area contributed by atoms with Crippen LogP contribution in [0.4, 0.5) is 5.69 Å². The van der Waals surface area contributed by atoms with Crippen LogP contribution in [-0.4, -0.2) is 25.7 Å². The van der Waals surface area contributed by atoms with E-state index in [0.717, 1.165) is 41.3 Å². The van der Waals surface area contributed by atoms with E-state index >= 15 is 0 Å². The van der Waals surface area contributed by atoms with Crippen LogP contribution in [0.25, 0.3) is 22.5 Å². The summed E-state index contributed by atoms with van der Waals surface area (Å²) in [5.74, 6) is 0.972. The van der Waals surface area contributed by atoms with Crippen molar-refractivity contribution in [3.05, 3.63) is 78.4 Å². The van der Waals surface area contributed by atoms with Gasteiger partial charge in [-0.2, -0.15) is 5.10 Å². The lowest BCUT2D eigenvalue weighted by Crippen LogP contribution is -2.12. The number of fused-ring (bicyclic) bond motifs is 1. The summed E-state index contributed by atoms with van der Waals surface area (Å²) in [6.07, 6.45) is 7.15. The minimum atomic E-state index is -0.192. The number of carbonyl (C=O) groups is 1. The SMILES string of the molecule is O=C(Nc1ccc(-c2cn3c(n2)CCCC3)cc1)c1cn[nH]c1-c1ccccc1. The van der Waals surface area contributed by atoms with Crippen molar-refractivity contribution in [2.75, 3.05) is 5.32 Å². The quantitative estimate of drug-likeness (QED) is 0.544. The van der Waals surface area contributed by atoms with Gasteiger partial charge in [0.2, 0.25) is 0 Å². The van der Waals surface area contributed by atoms with Crippen LogP contribution in [0.1, 0.15) is 29.0 Å². The zero-order valence-corrected chi connectivity index (χ0v) is 15.9. The number of H-pyrrole nitrogens is 1. The molecule has 0 aliphatic carbocycles. The van der Waals surface area contributed by atoms with Crippen molar-refractivity contribution in [2.24, 2.45) is 0 Å². The van der Waals surface area contributed by atoms with E-state index in [-0.39, 0.29) is 5.91 Å². The first kappa shape index (κ1) is 17.4. The van der Waals surface area contributed by atoms with Crippen LogP contribution in [-0.2, 0) is 13.0 Å². The van der Waals surface area contributed by atoms with Gasteiger partial charge in [-0.15, -0.1) is 0 Å². The summed E-state index contributed by atoms with van der Waals surface area (Å²) >= 11 is 0. The minimum absolute atomic E-state index is 0.192. The van der Waals surface area contributed by atoms with Gasteiger partial charge in [0.05, 0.1) is 23.1 Å². The summed E-state index contributed by atoms with van der Waals surface area (Å²) in [6, 6.07) is 17.5. The van der Waals surface area contributed by atoms with Gasteiger partial charge in [-0.25, -0.2) is 4.98 Å². The van der Waals surface area contributed by atoms with Crippen molar-refractivity contribution in [3.8, 4) is 22.5 Å². The number of nitrogens with one attached hydrogen (secondary N) is 2. The standard InChI is InChI=1S/C23H21N5O/c29-23(19-14-24-27-22(19)17-6-2-1-3-7-17)25-18-11-9-16(10-12-18)20-15-28-13-5-4-8-21(28)26-20/h1-3,6-7,9-12,14-15H,4-5,8,13H2,(H,24,27)(H,25,29). The molecule has 0 unspecified atom stereocenters. The van der Waals surface area contributed by atoms with Gasteiger partial charge >= 0.3 is 0 Å². The number of imidazole rings is 1. The van der Waals surface area contributed by atoms with Gasteiger partial charge in [0.1, 0.15) is 5.82 Å². The summed E-state index contributed by atoms with van der Waals surface area (Å²) < 4.78 is 2.25. The van der Waals surface area contributed by atoms with E-state index in [1.807, 2.05) is 54.6 Å². The van der Waals surface area contributed by atoms with Crippen LogP contribution in [0, 0.1) is 0 Å². The summed E-state index contributed by atoms with van der Waals surface area (Å²) in [6.45, 7) is 1.05. The average Bonchev–Trinajstić information content (AvgIpc) is 3.42. The molecule has 0 atom stereocenters. The smallest absolute Gasteiger partial charge is 0.259 e. The Kier molecular flexibility index (Phi) is 4.44. The van der Waals surface area contributed by atoms with Crippen LogP contribution >= 0.6 is 0 Å². The maximum Gasteiger partial charge on any atom is 0.259 e. The molecule has 2 N–H and O–H groups in total. The number of hydrogen-bond acceptors (Lipinski definition) is 3. The van der Waals surface area contributed by atoms with Crippen molar-refractivity contribution in [2.45, 2.75) is 25.8 Å². The van der Waals surface area contributed by atoms with Crippen molar-refractivity contribution >= 4 is 11.6 Å². The van der Waals surface area contributed by atoms with Gasteiger partial charge in [0, 0.05) is 36.0 Å². The van der Waals surface area contributed by atoms with Crippen LogP contribution in [0.3, 0.4) is 0 Å². The second kappa shape index (κ2) is 7.39. The fraction of sp³-hybridized carbons (Fsp3) is 0.174. The van der Waals surface area contributed by atoms with Crippen molar-refractivity contribution in [3.63, 3.8) is 0 Å². The van der Waals surface area contributed by atoms with Gasteiger partial charge in [0.25, 0.3) is 5.91 Å². The molecule has 2 aromatic heterocycles. The Labute approximate surface area is 168 Å². The van der Waals surface area contributed by atoms with Crippen molar-refractivity contribution < 1.29 is 4.79 Å². The summed E-state index contributed by atoms with van der Waals surface area (Å²) in [5, 5.41) is 9.93. The van der Waals surface area contributed by atoms with E-state index in [0.29, 0.717) is 11.3 Å². The lowest BCUT2D eigenvalue weighted by atomic mass is 10.1. The molecule has 1 aliphatic rings. The number of rotatable bonds is 4. The monoisotopic (exact) mass is 383 g/mol. The molecular formula is C23H21N5O. The second-order valence-electron chi connectivity index (χ2n) is 7.25. The van der Waals surface area contributed by atoms with E-state index in [1.165, 1.54) is 12.8 Å². The highest BCUT2D eigenvalue weighted by molar-refractivity contribution is 6.08. The molecule has 5 rings (SSSR count). The molecule has 0 saturated carbocycles. The molecule has 6 nitrogen and oxygen atoms in total. The van der Waals surface area contributed by atoms with Crippen molar-refractivity contribution in [1.82, 2.24) is 19.7 Å². The first-order chi connectivity index (χ1) is 14.3. The molecule has 6 heteroatoms. The molecule has 144 valence electrons. The van der Waals surface area contributed by atoms with Gasteiger partial charge in [-0.3, -0.25) is 9.89 Å². The topological polar surface area (TPSA) is 75.6 Å². The fourth-order valence-corrected chi connectivity index (χ4v) is 3.76. The Bertz CT molecular complexity index is 1120. The van der Waals surface area contributed by atoms with Crippen LogP contribution < -0.4 is 5.32 Å². The minimum Gasteiger partial charge on any atom is -0.334 e. The van der Waals surface area contributed by atoms with Gasteiger partial charge in [0.15, 0.2) is 0 Å². The number of nitrogens with zero attached hydrogens (tertiary/aromatic N) is 3. The fourth-order valence-electron chi connectivity index (χ4n) is 3.76. The van der Waals surface area contributed by atoms with Gasteiger partial charge < -0.3 is 9.88 Å². The van der Waals surface area contributed by atoms with E-state index in [2.05, 4.69) is 26.3 Å². The van der Waals surface area contributed by atoms with Gasteiger partial charge in [-0.1, -0.05) is 42.5 Å². The highest BCUT2D eigenvalue weighted by atomic mass is 16.1. The number of anilines is 1. The zero-order chi connectivity index (χ0) is 19.6. The molecule has 0 spiro atoms. The van der Waals surface area contributed by atoms with E-state index in [4.69, 9.17) is 4.98 Å². The third-order valence-corrected chi connectivity index (χ3v) is 5.29. The molecule has 29 heavy (non-hydrogen) atoms. The maximum atomic E-state index is 12.8. The first-order valence-corrected chi connectivity index (χ1v) is 9.84. The van der Waals surface area contributed by atoms with Crippen LogP contribution in [0.2, 0.25) is 0 Å². The molecule has 0 saturated heterocycles. The molecule has 3 heterocycles. The normalized spacial score (nSPS) is 13.1. The molecule has 0 bridgehead atoms. The maximum absolute atomic E-state index is 12.8. The number of aromatic amines is 1. The summed E-state index contributed by atoms with van der Waals surface area (Å²) in [4.78, 5) is 17.5. The lowest BCUT2D eigenvalue weighted by Gasteiger charge is -2.11. The van der Waals surface area contributed by atoms with E-state index in [1.54, 1.807) is 6.20 Å². The number of carbonyl (C=O) groups excluding carboxylic acids is 1. The molecule has 4 aromatic rings. The summed E-state index contributed by atoms with van der Waals surface area (Å²) in [7, 11) is 0. The number of aryl methyl sites for hydroxylation is 2. The molecule has 1 amide bonds. The Morgan fingerprint density at radius 1 is 1.00 bits per heavy atom. The Morgan fingerprint density at radius 3 is 2.62 bits per heavy atom. The molecule has 2 aromatic carbocycles. The third kappa shape index (κ3) is 3.45. The number of aromatic nitrogens is 4. The Balaban J connectivity index is 1.34. The van der Waals surface area contributed by atoms with Crippen molar-refractivity contribution in [1.29, 1.82) is 0 Å². The second-order valence-corrected chi connectivity index (χ2v) is 7.25.